The van der Waals surface area contributed by atoms with Crippen LogP contribution < -0.4 is 5.73 Å². The van der Waals surface area contributed by atoms with Crippen LogP contribution in [0, 0.1) is 17.1 Å². The fraction of sp³-hybridized carbons (Fsp3) is 0.278. The SMILES string of the molecule is C[C@@H](O)c1cc(F)ccc1N=C(C=C(N)C(F)F)Cc1cc(C#N)nn1C. The third kappa shape index (κ3) is 5.18. The molecule has 2 rings (SSSR count). The molecule has 1 aromatic carbocycles. The molecule has 0 saturated heterocycles. The zero-order valence-electron chi connectivity index (χ0n) is 14.7. The van der Waals surface area contributed by atoms with Crippen molar-refractivity contribution in [3.8, 4) is 6.07 Å². The molecule has 0 amide bonds. The molecule has 0 radical (unpaired) electrons. The molecule has 1 atom stereocenters. The first-order valence-electron chi connectivity index (χ1n) is 7.94. The Morgan fingerprint density at radius 3 is 2.70 bits per heavy atom. The zero-order chi connectivity index (χ0) is 20.1. The predicted molar refractivity (Wildman–Crippen MR) is 94.0 cm³/mol. The Labute approximate surface area is 154 Å². The van der Waals surface area contributed by atoms with Gasteiger partial charge in [-0.25, -0.2) is 13.2 Å². The molecule has 1 aromatic heterocycles. The summed E-state index contributed by atoms with van der Waals surface area (Å²) in [6, 6.07) is 7.01. The molecule has 142 valence electrons. The summed E-state index contributed by atoms with van der Waals surface area (Å²) in [4.78, 5) is 4.29. The van der Waals surface area contributed by atoms with Crippen LogP contribution in [0.2, 0.25) is 0 Å². The summed E-state index contributed by atoms with van der Waals surface area (Å²) < 4.78 is 40.6. The molecule has 9 heteroatoms. The van der Waals surface area contributed by atoms with Crippen LogP contribution in [0.1, 0.15) is 30.0 Å². The van der Waals surface area contributed by atoms with Crippen molar-refractivity contribution in [1.29, 1.82) is 5.26 Å². The van der Waals surface area contributed by atoms with Crippen LogP contribution in [0.4, 0.5) is 18.9 Å². The average Bonchev–Trinajstić information content (AvgIpc) is 2.95. The van der Waals surface area contributed by atoms with Crippen LogP contribution in [0.5, 0.6) is 0 Å². The number of aromatic nitrogens is 2. The Morgan fingerprint density at radius 1 is 1.44 bits per heavy atom. The molecule has 0 spiro atoms. The minimum atomic E-state index is -2.87. The number of aliphatic imine (C=N–C) groups is 1. The molecule has 0 unspecified atom stereocenters. The lowest BCUT2D eigenvalue weighted by Crippen LogP contribution is -2.13. The largest absolute Gasteiger partial charge is 0.397 e. The van der Waals surface area contributed by atoms with E-state index in [0.717, 1.165) is 18.2 Å². The highest BCUT2D eigenvalue weighted by atomic mass is 19.3. The van der Waals surface area contributed by atoms with Crippen molar-refractivity contribution in [2.24, 2.45) is 17.8 Å². The molecule has 1 heterocycles. The molecule has 27 heavy (non-hydrogen) atoms. The lowest BCUT2D eigenvalue weighted by Gasteiger charge is -2.11. The summed E-state index contributed by atoms with van der Waals surface area (Å²) in [7, 11) is 1.60. The maximum Gasteiger partial charge on any atom is 0.277 e. The highest BCUT2D eigenvalue weighted by molar-refractivity contribution is 5.98. The number of aliphatic hydroxyl groups excluding tert-OH is 1. The smallest absolute Gasteiger partial charge is 0.277 e. The number of alkyl halides is 2. The molecular weight excluding hydrogens is 359 g/mol. The van der Waals surface area contributed by atoms with Crippen LogP contribution >= 0.6 is 0 Å². The van der Waals surface area contributed by atoms with Crippen molar-refractivity contribution in [1.82, 2.24) is 9.78 Å². The van der Waals surface area contributed by atoms with Crippen molar-refractivity contribution in [3.05, 3.63) is 58.8 Å². The average molecular weight is 377 g/mol. The molecule has 0 bridgehead atoms. The van der Waals surface area contributed by atoms with Crippen LogP contribution in [-0.4, -0.2) is 27.0 Å². The summed E-state index contributed by atoms with van der Waals surface area (Å²) in [6.45, 7) is 1.44. The third-order valence-electron chi connectivity index (χ3n) is 3.74. The summed E-state index contributed by atoms with van der Waals surface area (Å²) in [5.74, 6) is -0.556. The zero-order valence-corrected chi connectivity index (χ0v) is 14.7. The topological polar surface area (TPSA) is 100 Å². The van der Waals surface area contributed by atoms with E-state index in [4.69, 9.17) is 11.0 Å². The number of allylic oxidation sites excluding steroid dienone is 2. The van der Waals surface area contributed by atoms with Gasteiger partial charge in [-0.3, -0.25) is 9.67 Å². The lowest BCUT2D eigenvalue weighted by molar-refractivity contribution is 0.188. The van der Waals surface area contributed by atoms with Gasteiger partial charge in [0.15, 0.2) is 5.69 Å². The van der Waals surface area contributed by atoms with Crippen LogP contribution in [-0.2, 0) is 13.5 Å². The lowest BCUT2D eigenvalue weighted by atomic mass is 10.1. The summed E-state index contributed by atoms with van der Waals surface area (Å²) >= 11 is 0. The second-order valence-corrected chi connectivity index (χ2v) is 5.86. The Kier molecular flexibility index (Phi) is 6.36. The van der Waals surface area contributed by atoms with Gasteiger partial charge in [0.05, 0.1) is 17.5 Å². The van der Waals surface area contributed by atoms with Gasteiger partial charge in [0.2, 0.25) is 0 Å². The highest BCUT2D eigenvalue weighted by Crippen LogP contribution is 2.27. The standard InChI is InChI=1S/C18H18F3N5O/c1-10(27)15-5-11(19)3-4-17(15)24-12(8-16(23)18(20)21)6-14-7-13(9-22)25-26(14)2/h3-5,7-8,10,18,27H,6,23H2,1-2H3/t10-/m1/s1. The molecule has 6 nitrogen and oxygen atoms in total. The van der Waals surface area contributed by atoms with E-state index in [2.05, 4.69) is 10.1 Å². The Morgan fingerprint density at radius 2 is 2.15 bits per heavy atom. The molecule has 0 aliphatic rings. The minimum absolute atomic E-state index is 0.0508. The maximum absolute atomic E-state index is 13.5. The first kappa shape index (κ1) is 20.2. The number of nitrogens with two attached hydrogens (primary N) is 1. The molecule has 2 aromatic rings. The van der Waals surface area contributed by atoms with Crippen molar-refractivity contribution in [2.45, 2.75) is 25.9 Å². The number of benzene rings is 1. The first-order valence-corrected chi connectivity index (χ1v) is 7.94. The van der Waals surface area contributed by atoms with Crippen LogP contribution in [0.25, 0.3) is 0 Å². The van der Waals surface area contributed by atoms with E-state index in [0.29, 0.717) is 5.69 Å². The monoisotopic (exact) mass is 377 g/mol. The second-order valence-electron chi connectivity index (χ2n) is 5.86. The van der Waals surface area contributed by atoms with E-state index in [-0.39, 0.29) is 29.1 Å². The quantitative estimate of drug-likeness (QED) is 0.756. The molecule has 0 saturated carbocycles. The highest BCUT2D eigenvalue weighted by Gasteiger charge is 2.14. The Balaban J connectivity index is 2.53. The van der Waals surface area contributed by atoms with Gasteiger partial charge in [0.1, 0.15) is 11.9 Å². The minimum Gasteiger partial charge on any atom is -0.397 e. The predicted octanol–water partition coefficient (Wildman–Crippen LogP) is 2.91. The first-order chi connectivity index (χ1) is 12.7. The fourth-order valence-electron chi connectivity index (χ4n) is 2.41. The third-order valence-corrected chi connectivity index (χ3v) is 3.74. The Hall–Kier alpha value is -3.12. The molecule has 0 aliphatic carbocycles. The molecular formula is C18H18F3N5O. The van der Waals surface area contributed by atoms with Gasteiger partial charge < -0.3 is 10.8 Å². The van der Waals surface area contributed by atoms with Gasteiger partial charge in [-0.2, -0.15) is 10.4 Å². The van der Waals surface area contributed by atoms with Crippen molar-refractivity contribution < 1.29 is 18.3 Å². The second kappa shape index (κ2) is 8.51. The van der Waals surface area contributed by atoms with E-state index in [9.17, 15) is 18.3 Å². The van der Waals surface area contributed by atoms with E-state index in [1.807, 2.05) is 6.07 Å². The number of aryl methyl sites for hydroxylation is 1. The summed E-state index contributed by atoms with van der Waals surface area (Å²) in [5, 5.41) is 22.7. The summed E-state index contributed by atoms with van der Waals surface area (Å²) in [6.07, 6.45) is -2.81. The van der Waals surface area contributed by atoms with Gasteiger partial charge in [0.25, 0.3) is 6.43 Å². The number of nitrogens with zero attached hydrogens (tertiary/aromatic N) is 4. The van der Waals surface area contributed by atoms with Gasteiger partial charge in [0, 0.05) is 30.4 Å². The van der Waals surface area contributed by atoms with Crippen molar-refractivity contribution in [2.75, 3.05) is 0 Å². The van der Waals surface area contributed by atoms with Crippen LogP contribution in [0.15, 0.2) is 41.0 Å². The van der Waals surface area contributed by atoms with E-state index >= 15 is 0 Å². The number of hydrogen-bond donors (Lipinski definition) is 2. The van der Waals surface area contributed by atoms with Gasteiger partial charge in [-0.15, -0.1) is 0 Å². The molecule has 3 N–H and O–H groups in total. The van der Waals surface area contributed by atoms with E-state index in [1.54, 1.807) is 7.05 Å². The number of hydrogen-bond acceptors (Lipinski definition) is 5. The molecule has 0 aliphatic heterocycles. The maximum atomic E-state index is 13.5. The van der Waals surface area contributed by atoms with Gasteiger partial charge in [-0.05, 0) is 37.3 Å². The normalized spacial score (nSPS) is 13.7. The van der Waals surface area contributed by atoms with E-state index < -0.39 is 24.0 Å². The number of nitriles is 1. The van der Waals surface area contributed by atoms with Crippen LogP contribution in [0.3, 0.4) is 0 Å². The van der Waals surface area contributed by atoms with E-state index in [1.165, 1.54) is 23.7 Å². The number of aliphatic hydroxyl groups is 1. The number of rotatable bonds is 6. The van der Waals surface area contributed by atoms with Crippen molar-refractivity contribution >= 4 is 11.4 Å². The van der Waals surface area contributed by atoms with Crippen molar-refractivity contribution in [3.63, 3.8) is 0 Å². The Bertz CT molecular complexity index is 926. The van der Waals surface area contributed by atoms with Gasteiger partial charge in [-0.1, -0.05) is 0 Å². The van der Waals surface area contributed by atoms with Gasteiger partial charge >= 0.3 is 0 Å². The summed E-state index contributed by atoms with van der Waals surface area (Å²) in [5.41, 5.74) is 5.97. The molecule has 0 fully saturated rings. The number of halogens is 3. The fourth-order valence-corrected chi connectivity index (χ4v) is 2.41.